The van der Waals surface area contributed by atoms with E-state index in [4.69, 9.17) is 9.26 Å². The summed E-state index contributed by atoms with van der Waals surface area (Å²) < 4.78 is 10.8. The summed E-state index contributed by atoms with van der Waals surface area (Å²) in [6.45, 7) is 10.3. The Morgan fingerprint density at radius 2 is 1.96 bits per heavy atom. The highest BCUT2D eigenvalue weighted by molar-refractivity contribution is 14.0. The smallest absolute Gasteiger partial charge is 0.193 e. The summed E-state index contributed by atoms with van der Waals surface area (Å²) in [5.41, 5.74) is 3.33. The number of nitrogens with one attached hydrogen (secondary N) is 1. The molecule has 27 heavy (non-hydrogen) atoms. The van der Waals surface area contributed by atoms with Crippen LogP contribution in [0.25, 0.3) is 0 Å². The number of aliphatic imine (C=N–C) groups is 1. The average Bonchev–Trinajstić information content (AvgIpc) is 2.96. The van der Waals surface area contributed by atoms with Crippen LogP contribution in [0.15, 0.2) is 33.8 Å². The third kappa shape index (κ3) is 6.41. The summed E-state index contributed by atoms with van der Waals surface area (Å²) in [4.78, 5) is 6.50. The highest BCUT2D eigenvalue weighted by Crippen LogP contribution is 2.22. The molecule has 7 heteroatoms. The molecule has 0 aliphatic heterocycles. The Kier molecular flexibility index (Phi) is 9.62. The number of hydrogen-bond donors (Lipinski definition) is 1. The zero-order valence-electron chi connectivity index (χ0n) is 17.1. The first-order valence-corrected chi connectivity index (χ1v) is 9.02. The topological polar surface area (TPSA) is 62.9 Å². The van der Waals surface area contributed by atoms with Gasteiger partial charge in [0.25, 0.3) is 0 Å². The largest absolute Gasteiger partial charge is 0.494 e. The number of rotatable bonds is 7. The summed E-state index contributed by atoms with van der Waals surface area (Å²) in [6.07, 6.45) is 0. The van der Waals surface area contributed by atoms with Crippen molar-refractivity contribution in [3.8, 4) is 5.75 Å². The van der Waals surface area contributed by atoms with Gasteiger partial charge in [0.05, 0.1) is 12.3 Å². The van der Waals surface area contributed by atoms with Gasteiger partial charge in [-0.25, -0.2) is 0 Å². The third-order valence-electron chi connectivity index (χ3n) is 4.38. The lowest BCUT2D eigenvalue weighted by atomic mass is 10.00. The zero-order valence-corrected chi connectivity index (χ0v) is 19.4. The van der Waals surface area contributed by atoms with E-state index in [1.807, 2.05) is 40.0 Å². The minimum Gasteiger partial charge on any atom is -0.494 e. The molecule has 1 aromatic carbocycles. The Bertz CT molecular complexity index is 709. The normalized spacial score (nSPS) is 12.3. The van der Waals surface area contributed by atoms with E-state index < -0.39 is 0 Å². The lowest BCUT2D eigenvalue weighted by molar-refractivity contribution is 0.340. The number of guanidine groups is 1. The fraction of sp³-hybridized carbons (Fsp3) is 0.500. The van der Waals surface area contributed by atoms with Crippen molar-refractivity contribution < 1.29 is 9.26 Å². The van der Waals surface area contributed by atoms with Crippen LogP contribution >= 0.6 is 24.0 Å². The van der Waals surface area contributed by atoms with Gasteiger partial charge in [-0.05, 0) is 38.5 Å². The molecule has 6 nitrogen and oxygen atoms in total. The maximum absolute atomic E-state index is 5.49. The first-order chi connectivity index (χ1) is 12.5. The zero-order chi connectivity index (χ0) is 19.1. The van der Waals surface area contributed by atoms with E-state index in [0.717, 1.165) is 36.3 Å². The standard InChI is InChI=1S/C20H30N4O2.HI/c1-7-25-18-10-8-17(9-11-18)13-24(6)20(21-5)22-12-14(2)19-15(3)23-26-16(19)4;/h8-11,14H,7,12-13H2,1-6H3,(H,21,22);1H. The average molecular weight is 486 g/mol. The Hall–Kier alpha value is -1.77. The molecule has 2 rings (SSSR count). The molecule has 1 heterocycles. The molecule has 0 aliphatic rings. The summed E-state index contributed by atoms with van der Waals surface area (Å²) in [6, 6.07) is 8.17. The van der Waals surface area contributed by atoms with Crippen LogP contribution in [0.3, 0.4) is 0 Å². The van der Waals surface area contributed by atoms with Gasteiger partial charge in [-0.3, -0.25) is 4.99 Å². The molecule has 2 aromatic rings. The third-order valence-corrected chi connectivity index (χ3v) is 4.38. The second-order valence-electron chi connectivity index (χ2n) is 6.50. The van der Waals surface area contributed by atoms with E-state index >= 15 is 0 Å². The Labute approximate surface area is 179 Å². The Morgan fingerprint density at radius 3 is 2.48 bits per heavy atom. The van der Waals surface area contributed by atoms with E-state index in [-0.39, 0.29) is 29.9 Å². The molecule has 0 fully saturated rings. The van der Waals surface area contributed by atoms with E-state index in [2.05, 4.69) is 39.4 Å². The maximum Gasteiger partial charge on any atom is 0.193 e. The van der Waals surface area contributed by atoms with Crippen molar-refractivity contribution in [2.75, 3.05) is 27.2 Å². The number of aromatic nitrogens is 1. The van der Waals surface area contributed by atoms with E-state index in [1.54, 1.807) is 7.05 Å². The number of nitrogens with zero attached hydrogens (tertiary/aromatic N) is 3. The first kappa shape index (κ1) is 23.3. The number of aryl methyl sites for hydroxylation is 2. The summed E-state index contributed by atoms with van der Waals surface area (Å²) >= 11 is 0. The summed E-state index contributed by atoms with van der Waals surface area (Å²) in [5, 5.41) is 7.49. The monoisotopic (exact) mass is 486 g/mol. The molecule has 0 amide bonds. The van der Waals surface area contributed by atoms with Gasteiger partial charge in [0.2, 0.25) is 0 Å². The van der Waals surface area contributed by atoms with Crippen LogP contribution in [-0.4, -0.2) is 43.3 Å². The van der Waals surface area contributed by atoms with Gasteiger partial charge >= 0.3 is 0 Å². The molecule has 0 bridgehead atoms. The van der Waals surface area contributed by atoms with E-state index in [1.165, 1.54) is 11.1 Å². The molecule has 0 spiro atoms. The lowest BCUT2D eigenvalue weighted by Gasteiger charge is -2.24. The van der Waals surface area contributed by atoms with Crippen molar-refractivity contribution in [1.29, 1.82) is 0 Å². The number of benzene rings is 1. The van der Waals surface area contributed by atoms with Gasteiger partial charge in [0, 0.05) is 38.7 Å². The van der Waals surface area contributed by atoms with Crippen LogP contribution in [0.4, 0.5) is 0 Å². The van der Waals surface area contributed by atoms with Crippen molar-refractivity contribution in [1.82, 2.24) is 15.4 Å². The van der Waals surface area contributed by atoms with Crippen LogP contribution in [0.5, 0.6) is 5.75 Å². The molecule has 0 aliphatic carbocycles. The van der Waals surface area contributed by atoms with Crippen molar-refractivity contribution in [2.24, 2.45) is 4.99 Å². The van der Waals surface area contributed by atoms with Crippen molar-refractivity contribution in [3.05, 3.63) is 46.8 Å². The molecule has 0 saturated carbocycles. The van der Waals surface area contributed by atoms with Crippen LogP contribution in [0.1, 0.15) is 42.3 Å². The van der Waals surface area contributed by atoms with Gasteiger partial charge < -0.3 is 19.5 Å². The predicted octanol–water partition coefficient (Wildman–Crippen LogP) is 4.12. The van der Waals surface area contributed by atoms with Crippen LogP contribution in [-0.2, 0) is 6.54 Å². The van der Waals surface area contributed by atoms with Gasteiger partial charge in [-0.1, -0.05) is 24.2 Å². The van der Waals surface area contributed by atoms with Crippen LogP contribution in [0.2, 0.25) is 0 Å². The molecule has 0 saturated heterocycles. The first-order valence-electron chi connectivity index (χ1n) is 9.02. The number of halogens is 1. The Morgan fingerprint density at radius 1 is 1.30 bits per heavy atom. The lowest BCUT2D eigenvalue weighted by Crippen LogP contribution is -2.40. The number of ether oxygens (including phenoxy) is 1. The van der Waals surface area contributed by atoms with Gasteiger partial charge in [0.1, 0.15) is 11.5 Å². The maximum atomic E-state index is 5.49. The van der Waals surface area contributed by atoms with Gasteiger partial charge in [-0.2, -0.15) is 0 Å². The van der Waals surface area contributed by atoms with Crippen LogP contribution in [0, 0.1) is 13.8 Å². The van der Waals surface area contributed by atoms with Gasteiger partial charge in [-0.15, -0.1) is 24.0 Å². The summed E-state index contributed by atoms with van der Waals surface area (Å²) in [7, 11) is 3.84. The molecule has 1 N–H and O–H groups in total. The quantitative estimate of drug-likeness (QED) is 0.363. The van der Waals surface area contributed by atoms with E-state index in [9.17, 15) is 0 Å². The van der Waals surface area contributed by atoms with Crippen molar-refractivity contribution >= 4 is 29.9 Å². The minimum absolute atomic E-state index is 0. The Balaban J connectivity index is 0.00000364. The van der Waals surface area contributed by atoms with Gasteiger partial charge in [0.15, 0.2) is 5.96 Å². The highest BCUT2D eigenvalue weighted by atomic mass is 127. The molecule has 1 unspecified atom stereocenters. The highest BCUT2D eigenvalue weighted by Gasteiger charge is 2.17. The molecule has 0 radical (unpaired) electrons. The van der Waals surface area contributed by atoms with E-state index in [0.29, 0.717) is 6.61 Å². The molecule has 1 aromatic heterocycles. The fourth-order valence-electron chi connectivity index (χ4n) is 3.13. The second kappa shape index (κ2) is 11.2. The minimum atomic E-state index is 0. The van der Waals surface area contributed by atoms with Crippen molar-refractivity contribution in [2.45, 2.75) is 40.2 Å². The molecular formula is C20H31IN4O2. The molecule has 1 atom stereocenters. The SMILES string of the molecule is CCOc1ccc(CN(C)C(=NC)NCC(C)c2c(C)noc2C)cc1.I. The second-order valence-corrected chi connectivity index (χ2v) is 6.50. The fourth-order valence-corrected chi connectivity index (χ4v) is 3.13. The van der Waals surface area contributed by atoms with Crippen molar-refractivity contribution in [3.63, 3.8) is 0 Å². The molecule has 150 valence electrons. The number of hydrogen-bond acceptors (Lipinski definition) is 4. The molecular weight excluding hydrogens is 455 g/mol. The summed E-state index contributed by atoms with van der Waals surface area (Å²) in [5.74, 6) is 2.93. The van der Waals surface area contributed by atoms with Crippen LogP contribution < -0.4 is 10.1 Å². The predicted molar refractivity (Wildman–Crippen MR) is 120 cm³/mol.